The molecule has 20 heavy (non-hydrogen) atoms. The molecule has 110 valence electrons. The first-order chi connectivity index (χ1) is 9.20. The fourth-order valence-corrected chi connectivity index (χ4v) is 2.24. The SMILES string of the molecule is Cn1c(=O)n(C)c2cc(C(N)CCC(F)(F)F)ccc21. The number of aryl methyl sites for hydroxylation is 2. The third kappa shape index (κ3) is 2.72. The lowest BCUT2D eigenvalue weighted by molar-refractivity contribution is -0.136. The smallest absolute Gasteiger partial charge is 0.324 e. The second kappa shape index (κ2) is 4.97. The van der Waals surface area contributed by atoms with E-state index >= 15 is 0 Å². The molecular formula is C13H16F3N3O. The zero-order valence-corrected chi connectivity index (χ0v) is 11.2. The van der Waals surface area contributed by atoms with Gasteiger partial charge in [-0.05, 0) is 24.1 Å². The lowest BCUT2D eigenvalue weighted by Crippen LogP contribution is -2.19. The Hall–Kier alpha value is -1.76. The zero-order valence-electron chi connectivity index (χ0n) is 11.2. The number of hydrogen-bond acceptors (Lipinski definition) is 2. The van der Waals surface area contributed by atoms with Gasteiger partial charge in [0.05, 0.1) is 11.0 Å². The molecule has 0 amide bonds. The van der Waals surface area contributed by atoms with Crippen LogP contribution in [0.25, 0.3) is 11.0 Å². The molecule has 4 nitrogen and oxygen atoms in total. The molecule has 2 N–H and O–H groups in total. The number of hydrogen-bond donors (Lipinski definition) is 1. The molecule has 1 aromatic carbocycles. The second-order valence-electron chi connectivity index (χ2n) is 4.91. The number of nitrogens with two attached hydrogens (primary N) is 1. The van der Waals surface area contributed by atoms with E-state index in [4.69, 9.17) is 5.73 Å². The van der Waals surface area contributed by atoms with Gasteiger partial charge in [0.15, 0.2) is 0 Å². The summed E-state index contributed by atoms with van der Waals surface area (Å²) in [6.07, 6.45) is -5.29. The van der Waals surface area contributed by atoms with E-state index in [1.807, 2.05) is 0 Å². The van der Waals surface area contributed by atoms with Crippen molar-refractivity contribution in [3.8, 4) is 0 Å². The largest absolute Gasteiger partial charge is 0.389 e. The number of alkyl halides is 3. The molecule has 0 fully saturated rings. The fraction of sp³-hybridized carbons (Fsp3) is 0.462. The van der Waals surface area contributed by atoms with Crippen molar-refractivity contribution in [1.29, 1.82) is 0 Å². The maximum absolute atomic E-state index is 12.2. The highest BCUT2D eigenvalue weighted by molar-refractivity contribution is 5.77. The van der Waals surface area contributed by atoms with Crippen LogP contribution >= 0.6 is 0 Å². The standard InChI is InChI=1S/C13H16F3N3O/c1-18-10-4-3-8(7-11(10)19(2)12(18)20)9(17)5-6-13(14,15)16/h3-4,7,9H,5-6,17H2,1-2H3. The minimum absolute atomic E-state index is 0.171. The Labute approximate surface area is 113 Å². The number of imidazole rings is 1. The van der Waals surface area contributed by atoms with Crippen molar-refractivity contribution in [2.45, 2.75) is 25.1 Å². The highest BCUT2D eigenvalue weighted by Gasteiger charge is 2.28. The van der Waals surface area contributed by atoms with Gasteiger partial charge in [0, 0.05) is 26.6 Å². The number of aromatic nitrogens is 2. The Balaban J connectivity index is 2.32. The maximum Gasteiger partial charge on any atom is 0.389 e. The molecule has 0 aliphatic rings. The topological polar surface area (TPSA) is 53.0 Å². The van der Waals surface area contributed by atoms with Crippen LogP contribution in [0.15, 0.2) is 23.0 Å². The van der Waals surface area contributed by atoms with Crippen LogP contribution in [0.3, 0.4) is 0 Å². The van der Waals surface area contributed by atoms with Crippen LogP contribution in [-0.4, -0.2) is 15.3 Å². The normalized spacial score (nSPS) is 13.9. The van der Waals surface area contributed by atoms with Crippen LogP contribution in [0.4, 0.5) is 13.2 Å². The summed E-state index contributed by atoms with van der Waals surface area (Å²) in [7, 11) is 3.27. The molecule has 2 aromatic rings. The van der Waals surface area contributed by atoms with Gasteiger partial charge in [0.25, 0.3) is 0 Å². The molecule has 1 atom stereocenters. The average Bonchev–Trinajstić information content (AvgIpc) is 2.60. The lowest BCUT2D eigenvalue weighted by atomic mass is 10.0. The van der Waals surface area contributed by atoms with Crippen LogP contribution in [0.5, 0.6) is 0 Å². The molecule has 0 saturated heterocycles. The van der Waals surface area contributed by atoms with Gasteiger partial charge < -0.3 is 5.73 Å². The Kier molecular flexibility index (Phi) is 3.64. The third-order valence-corrected chi connectivity index (χ3v) is 3.46. The monoisotopic (exact) mass is 287 g/mol. The minimum atomic E-state index is -4.21. The van der Waals surface area contributed by atoms with Crippen molar-refractivity contribution in [1.82, 2.24) is 9.13 Å². The Morgan fingerprint density at radius 1 is 1.20 bits per heavy atom. The first-order valence-electron chi connectivity index (χ1n) is 6.18. The van der Waals surface area contributed by atoms with Crippen LogP contribution < -0.4 is 11.4 Å². The predicted molar refractivity (Wildman–Crippen MR) is 70.4 cm³/mol. The molecule has 0 aliphatic heterocycles. The summed E-state index contributed by atoms with van der Waals surface area (Å²) in [6, 6.07) is 4.36. The number of rotatable bonds is 3. The summed E-state index contributed by atoms with van der Waals surface area (Å²) >= 11 is 0. The molecule has 1 heterocycles. The molecule has 0 aliphatic carbocycles. The zero-order chi connectivity index (χ0) is 15.1. The van der Waals surface area contributed by atoms with Gasteiger partial charge >= 0.3 is 11.9 Å². The summed E-state index contributed by atoms with van der Waals surface area (Å²) in [4.78, 5) is 11.8. The van der Waals surface area contributed by atoms with E-state index in [0.29, 0.717) is 11.1 Å². The van der Waals surface area contributed by atoms with Crippen molar-refractivity contribution in [2.75, 3.05) is 0 Å². The average molecular weight is 287 g/mol. The third-order valence-electron chi connectivity index (χ3n) is 3.46. The van der Waals surface area contributed by atoms with Crippen LogP contribution in [-0.2, 0) is 14.1 Å². The number of nitrogens with zero attached hydrogens (tertiary/aromatic N) is 2. The molecule has 2 rings (SSSR count). The van der Waals surface area contributed by atoms with Gasteiger partial charge in [-0.3, -0.25) is 9.13 Å². The molecule has 0 radical (unpaired) electrons. The van der Waals surface area contributed by atoms with Gasteiger partial charge in [-0.1, -0.05) is 6.07 Å². The molecule has 0 bridgehead atoms. The summed E-state index contributed by atoms with van der Waals surface area (Å²) in [5.74, 6) is 0. The van der Waals surface area contributed by atoms with Gasteiger partial charge in [0.2, 0.25) is 0 Å². The Morgan fingerprint density at radius 2 is 1.80 bits per heavy atom. The van der Waals surface area contributed by atoms with Crippen LogP contribution in [0, 0.1) is 0 Å². The highest BCUT2D eigenvalue weighted by atomic mass is 19.4. The number of benzene rings is 1. The molecular weight excluding hydrogens is 271 g/mol. The Bertz CT molecular complexity index is 684. The highest BCUT2D eigenvalue weighted by Crippen LogP contribution is 2.27. The summed E-state index contributed by atoms with van der Waals surface area (Å²) in [6.45, 7) is 0. The van der Waals surface area contributed by atoms with Gasteiger partial charge in [-0.25, -0.2) is 4.79 Å². The maximum atomic E-state index is 12.2. The van der Waals surface area contributed by atoms with E-state index in [2.05, 4.69) is 0 Å². The molecule has 7 heteroatoms. The van der Waals surface area contributed by atoms with Gasteiger partial charge in [-0.2, -0.15) is 13.2 Å². The first kappa shape index (κ1) is 14.6. The minimum Gasteiger partial charge on any atom is -0.324 e. The van der Waals surface area contributed by atoms with E-state index in [1.165, 1.54) is 9.13 Å². The first-order valence-corrected chi connectivity index (χ1v) is 6.18. The van der Waals surface area contributed by atoms with E-state index in [1.54, 1.807) is 32.3 Å². The fourth-order valence-electron chi connectivity index (χ4n) is 2.24. The van der Waals surface area contributed by atoms with E-state index in [-0.39, 0.29) is 12.1 Å². The summed E-state index contributed by atoms with van der Waals surface area (Å²) in [5, 5.41) is 0. The van der Waals surface area contributed by atoms with Crippen LogP contribution in [0.2, 0.25) is 0 Å². The van der Waals surface area contributed by atoms with E-state index in [0.717, 1.165) is 5.52 Å². The van der Waals surface area contributed by atoms with E-state index in [9.17, 15) is 18.0 Å². The predicted octanol–water partition coefficient (Wildman–Crippen LogP) is 2.22. The van der Waals surface area contributed by atoms with Gasteiger partial charge in [0.1, 0.15) is 0 Å². The van der Waals surface area contributed by atoms with Crippen molar-refractivity contribution >= 4 is 11.0 Å². The Morgan fingerprint density at radius 3 is 2.40 bits per heavy atom. The summed E-state index contributed by atoms with van der Waals surface area (Å²) in [5.41, 5.74) is 7.60. The molecule has 0 spiro atoms. The van der Waals surface area contributed by atoms with E-state index < -0.39 is 18.6 Å². The van der Waals surface area contributed by atoms with Crippen molar-refractivity contribution in [3.63, 3.8) is 0 Å². The molecule has 0 saturated carbocycles. The van der Waals surface area contributed by atoms with Crippen LogP contribution in [0.1, 0.15) is 24.4 Å². The number of fused-ring (bicyclic) bond motifs is 1. The quantitative estimate of drug-likeness (QED) is 0.941. The van der Waals surface area contributed by atoms with Crippen molar-refractivity contribution < 1.29 is 13.2 Å². The second-order valence-corrected chi connectivity index (χ2v) is 4.91. The molecule has 1 aromatic heterocycles. The summed E-state index contributed by atoms with van der Waals surface area (Å²) < 4.78 is 39.5. The van der Waals surface area contributed by atoms with Gasteiger partial charge in [-0.15, -0.1) is 0 Å². The number of halogens is 3. The van der Waals surface area contributed by atoms with Crippen molar-refractivity contribution in [2.24, 2.45) is 19.8 Å². The van der Waals surface area contributed by atoms with Crippen molar-refractivity contribution in [3.05, 3.63) is 34.2 Å². The molecule has 1 unspecified atom stereocenters. The lowest BCUT2D eigenvalue weighted by Gasteiger charge is -2.14.